The van der Waals surface area contributed by atoms with E-state index in [-0.39, 0.29) is 11.3 Å². The molecule has 2 aliphatic heterocycles. The maximum absolute atomic E-state index is 13.7. The van der Waals surface area contributed by atoms with E-state index in [9.17, 15) is 14.7 Å². The molecule has 3 aromatic carbocycles. The Bertz CT molecular complexity index is 1700. The molecular formula is C32H30N2O7S. The lowest BCUT2D eigenvalue weighted by Crippen LogP contribution is -2.29. The van der Waals surface area contributed by atoms with Crippen molar-refractivity contribution in [1.82, 2.24) is 4.98 Å². The standard InChI is InChI=1S/C32H30N2O7S/c1-3-5-13-39-21-8-6-7-19(16-21)28-27(29(35)20-9-12-24-25(17-20)41-15-14-40-24)30(36)31(37)34(28)32-33-23-11-10-22(38-4-2)18-26(23)42-32/h6-12,16-18,28,35H,3-5,13-15H2,1-2H3/t28-/m0/s1. The molecule has 4 aromatic rings. The quantitative estimate of drug-likeness (QED) is 0.106. The van der Waals surface area contributed by atoms with E-state index < -0.39 is 17.7 Å². The van der Waals surface area contributed by atoms with Crippen LogP contribution >= 0.6 is 11.3 Å². The number of carbonyl (C=O) groups is 2. The molecule has 3 heterocycles. The van der Waals surface area contributed by atoms with Gasteiger partial charge in [0.15, 0.2) is 16.6 Å². The summed E-state index contributed by atoms with van der Waals surface area (Å²) in [6, 6.07) is 16.8. The number of anilines is 1. The minimum Gasteiger partial charge on any atom is -0.507 e. The minimum absolute atomic E-state index is 0.0448. The van der Waals surface area contributed by atoms with Crippen LogP contribution in [0.5, 0.6) is 23.0 Å². The Kier molecular flexibility index (Phi) is 7.71. The Morgan fingerprint density at radius 3 is 2.62 bits per heavy atom. The van der Waals surface area contributed by atoms with Gasteiger partial charge >= 0.3 is 5.91 Å². The molecule has 1 N–H and O–H groups in total. The van der Waals surface area contributed by atoms with Crippen LogP contribution < -0.4 is 23.8 Å². The topological polar surface area (TPSA) is 107 Å². The summed E-state index contributed by atoms with van der Waals surface area (Å²) in [6.45, 7) is 5.84. The van der Waals surface area contributed by atoms with E-state index >= 15 is 0 Å². The second-order valence-corrected chi connectivity index (χ2v) is 10.9. The number of ether oxygens (including phenoxy) is 4. The lowest BCUT2D eigenvalue weighted by molar-refractivity contribution is -0.132. The highest BCUT2D eigenvalue weighted by Crippen LogP contribution is 2.46. The fourth-order valence-corrected chi connectivity index (χ4v) is 6.07. The predicted molar refractivity (Wildman–Crippen MR) is 160 cm³/mol. The summed E-state index contributed by atoms with van der Waals surface area (Å²) < 4.78 is 23.7. The zero-order valence-electron chi connectivity index (χ0n) is 23.3. The number of thiazole rings is 1. The zero-order valence-corrected chi connectivity index (χ0v) is 24.1. The number of aliphatic hydroxyl groups excluding tert-OH is 1. The summed E-state index contributed by atoms with van der Waals surface area (Å²) in [6.07, 6.45) is 1.88. The van der Waals surface area contributed by atoms with E-state index in [4.69, 9.17) is 23.9 Å². The first kappa shape index (κ1) is 27.6. The SMILES string of the molecule is CCCCOc1cccc([C@H]2C(=C(O)c3ccc4c(c3)OCCO4)C(=O)C(=O)N2c2nc3ccc(OCC)cc3s2)c1. The number of fused-ring (bicyclic) bond motifs is 2. The average molecular weight is 587 g/mol. The average Bonchev–Trinajstić information content (AvgIpc) is 3.54. The zero-order chi connectivity index (χ0) is 29.2. The van der Waals surface area contributed by atoms with Crippen LogP contribution in [0.1, 0.15) is 43.9 Å². The van der Waals surface area contributed by atoms with Gasteiger partial charge in [-0.25, -0.2) is 4.98 Å². The molecule has 6 rings (SSSR count). The highest BCUT2D eigenvalue weighted by molar-refractivity contribution is 7.22. The van der Waals surface area contributed by atoms with Gasteiger partial charge in [0, 0.05) is 5.56 Å². The summed E-state index contributed by atoms with van der Waals surface area (Å²) in [4.78, 5) is 33.5. The van der Waals surface area contributed by atoms with E-state index in [2.05, 4.69) is 6.92 Å². The number of Topliss-reactive ketones (excluding diaryl/α,β-unsaturated/α-hetero) is 1. The van der Waals surface area contributed by atoms with E-state index in [1.807, 2.05) is 43.3 Å². The van der Waals surface area contributed by atoms with Crippen molar-refractivity contribution < 1.29 is 33.6 Å². The van der Waals surface area contributed by atoms with Crippen LogP contribution in [0.3, 0.4) is 0 Å². The highest BCUT2D eigenvalue weighted by atomic mass is 32.1. The molecule has 1 saturated heterocycles. The molecular weight excluding hydrogens is 556 g/mol. The maximum atomic E-state index is 13.7. The molecule has 0 radical (unpaired) electrons. The number of carbonyl (C=O) groups excluding carboxylic acids is 2. The van der Waals surface area contributed by atoms with Gasteiger partial charge in [-0.2, -0.15) is 0 Å². The third-order valence-corrected chi connectivity index (χ3v) is 8.08. The van der Waals surface area contributed by atoms with E-state index in [0.29, 0.717) is 71.2 Å². The number of unbranched alkanes of at least 4 members (excludes halogenated alkanes) is 1. The third kappa shape index (κ3) is 5.14. The highest BCUT2D eigenvalue weighted by Gasteiger charge is 2.48. The molecule has 0 bridgehead atoms. The van der Waals surface area contributed by atoms with Gasteiger partial charge in [0.25, 0.3) is 5.78 Å². The molecule has 0 saturated carbocycles. The number of rotatable bonds is 9. The molecule has 1 atom stereocenters. The van der Waals surface area contributed by atoms with Crippen molar-refractivity contribution in [2.45, 2.75) is 32.7 Å². The van der Waals surface area contributed by atoms with Gasteiger partial charge in [-0.3, -0.25) is 14.5 Å². The number of nitrogens with zero attached hydrogens (tertiary/aromatic N) is 2. The van der Waals surface area contributed by atoms with Gasteiger partial charge in [-0.05, 0) is 67.4 Å². The monoisotopic (exact) mass is 586 g/mol. The molecule has 0 spiro atoms. The van der Waals surface area contributed by atoms with Crippen LogP contribution in [-0.2, 0) is 9.59 Å². The number of hydrogen-bond donors (Lipinski definition) is 1. The first-order valence-corrected chi connectivity index (χ1v) is 14.8. The Hall–Kier alpha value is -4.57. The fourth-order valence-electron chi connectivity index (χ4n) is 5.05. The van der Waals surface area contributed by atoms with Crippen molar-refractivity contribution in [2.24, 2.45) is 0 Å². The second kappa shape index (κ2) is 11.7. The number of hydrogen-bond acceptors (Lipinski definition) is 9. The number of benzene rings is 3. The van der Waals surface area contributed by atoms with Gasteiger partial charge in [-0.1, -0.05) is 36.8 Å². The predicted octanol–water partition coefficient (Wildman–Crippen LogP) is 6.27. The van der Waals surface area contributed by atoms with Crippen molar-refractivity contribution in [1.29, 1.82) is 0 Å². The molecule has 42 heavy (non-hydrogen) atoms. The minimum atomic E-state index is -0.945. The van der Waals surface area contributed by atoms with Gasteiger partial charge in [-0.15, -0.1) is 0 Å². The van der Waals surface area contributed by atoms with Crippen LogP contribution in [0.25, 0.3) is 16.0 Å². The molecule has 1 amide bonds. The number of aliphatic hydroxyl groups is 1. The number of aromatic nitrogens is 1. The van der Waals surface area contributed by atoms with Crippen LogP contribution in [0.4, 0.5) is 5.13 Å². The van der Waals surface area contributed by atoms with E-state index in [1.54, 1.807) is 24.3 Å². The lowest BCUT2D eigenvalue weighted by atomic mass is 9.95. The van der Waals surface area contributed by atoms with Crippen LogP contribution in [-0.4, -0.2) is 48.2 Å². The summed E-state index contributed by atoms with van der Waals surface area (Å²) >= 11 is 1.28. The Labute approximate surface area is 246 Å². The number of ketones is 1. The maximum Gasteiger partial charge on any atom is 0.301 e. The Balaban J connectivity index is 1.49. The molecule has 9 nitrogen and oxygen atoms in total. The first-order valence-electron chi connectivity index (χ1n) is 14.0. The molecule has 1 fully saturated rings. The van der Waals surface area contributed by atoms with Gasteiger partial charge in [0.2, 0.25) is 0 Å². The molecule has 2 aliphatic rings. The molecule has 216 valence electrons. The van der Waals surface area contributed by atoms with Gasteiger partial charge < -0.3 is 24.1 Å². The second-order valence-electron chi connectivity index (χ2n) is 9.86. The van der Waals surface area contributed by atoms with Crippen LogP contribution in [0, 0.1) is 0 Å². The Morgan fingerprint density at radius 2 is 1.81 bits per heavy atom. The van der Waals surface area contributed by atoms with Crippen molar-refractivity contribution >= 4 is 44.1 Å². The summed E-state index contributed by atoms with van der Waals surface area (Å²) in [5.74, 6) is 0.409. The van der Waals surface area contributed by atoms with E-state index in [1.165, 1.54) is 16.2 Å². The van der Waals surface area contributed by atoms with Crippen LogP contribution in [0.2, 0.25) is 0 Å². The summed E-state index contributed by atoms with van der Waals surface area (Å²) in [7, 11) is 0. The van der Waals surface area contributed by atoms with Crippen LogP contribution in [0.15, 0.2) is 66.2 Å². The summed E-state index contributed by atoms with van der Waals surface area (Å²) in [5, 5.41) is 11.9. The molecule has 0 unspecified atom stereocenters. The first-order chi connectivity index (χ1) is 20.5. The Morgan fingerprint density at radius 1 is 1.00 bits per heavy atom. The lowest BCUT2D eigenvalue weighted by Gasteiger charge is -2.24. The van der Waals surface area contributed by atoms with Gasteiger partial charge in [0.1, 0.15) is 30.5 Å². The fraction of sp³-hybridized carbons (Fsp3) is 0.281. The third-order valence-electron chi connectivity index (χ3n) is 7.07. The summed E-state index contributed by atoms with van der Waals surface area (Å²) in [5.41, 5.74) is 1.57. The smallest absolute Gasteiger partial charge is 0.301 e. The molecule has 0 aliphatic carbocycles. The van der Waals surface area contributed by atoms with Crippen molar-refractivity contribution in [2.75, 3.05) is 31.3 Å². The van der Waals surface area contributed by atoms with E-state index in [0.717, 1.165) is 17.5 Å². The van der Waals surface area contributed by atoms with Gasteiger partial charge in [0.05, 0.1) is 35.0 Å². The normalized spacial score (nSPS) is 17.6. The number of amides is 1. The molecule has 1 aromatic heterocycles. The van der Waals surface area contributed by atoms with Crippen molar-refractivity contribution in [3.05, 3.63) is 77.4 Å². The largest absolute Gasteiger partial charge is 0.507 e. The van der Waals surface area contributed by atoms with Crippen molar-refractivity contribution in [3.8, 4) is 23.0 Å². The molecule has 10 heteroatoms. The van der Waals surface area contributed by atoms with Crippen molar-refractivity contribution in [3.63, 3.8) is 0 Å².